The van der Waals surface area contributed by atoms with Gasteiger partial charge >= 0.3 is 0 Å². The van der Waals surface area contributed by atoms with Gasteiger partial charge in [0.15, 0.2) is 0 Å². The molecule has 1 amide bonds. The van der Waals surface area contributed by atoms with Gasteiger partial charge in [0.1, 0.15) is 6.10 Å². The Bertz CT molecular complexity index is 773. The fourth-order valence-electron chi connectivity index (χ4n) is 7.95. The highest BCUT2D eigenvalue weighted by Crippen LogP contribution is 2.17. The van der Waals surface area contributed by atoms with E-state index in [1.165, 1.54) is 225 Å². The van der Waals surface area contributed by atoms with Crippen LogP contribution in [0.3, 0.4) is 0 Å². The summed E-state index contributed by atoms with van der Waals surface area (Å²) in [6, 6.07) is -0.793. The summed E-state index contributed by atoms with van der Waals surface area (Å²) < 4.78 is 0. The third-order valence-electron chi connectivity index (χ3n) is 11.9. The van der Waals surface area contributed by atoms with Crippen LogP contribution >= 0.6 is 0 Å². The summed E-state index contributed by atoms with van der Waals surface area (Å²) in [4.78, 5) is 12.5. The number of hydrogen-bond donors (Lipinski definition) is 4. The number of aliphatic hydroxyl groups is 3. The zero-order valence-electron chi connectivity index (χ0n) is 37.3. The van der Waals surface area contributed by atoms with Gasteiger partial charge in [0.2, 0.25) is 5.91 Å². The first kappa shape index (κ1) is 54.1. The summed E-state index contributed by atoms with van der Waals surface area (Å²) in [5.74, 6) is -0.498. The van der Waals surface area contributed by atoms with Crippen LogP contribution in [0.25, 0.3) is 0 Å². The number of allylic oxidation sites excluding steroid dienone is 1. The van der Waals surface area contributed by atoms with Crippen LogP contribution in [0.4, 0.5) is 0 Å². The fourth-order valence-corrected chi connectivity index (χ4v) is 7.95. The van der Waals surface area contributed by atoms with Crippen LogP contribution in [0, 0.1) is 0 Å². The molecule has 0 saturated carbocycles. The molecule has 55 heavy (non-hydrogen) atoms. The van der Waals surface area contributed by atoms with Crippen molar-refractivity contribution in [2.75, 3.05) is 6.61 Å². The summed E-state index contributed by atoms with van der Waals surface area (Å²) in [6.45, 7) is 4.21. The molecule has 328 valence electrons. The van der Waals surface area contributed by atoms with Gasteiger partial charge in [-0.3, -0.25) is 4.79 Å². The number of carbonyl (C=O) groups is 1. The van der Waals surface area contributed by atoms with E-state index in [0.29, 0.717) is 6.42 Å². The monoisotopic (exact) mass is 778 g/mol. The largest absolute Gasteiger partial charge is 0.394 e. The minimum Gasteiger partial charge on any atom is -0.394 e. The molecule has 0 aliphatic rings. The molecular weight excluding hydrogens is 679 g/mol. The Morgan fingerprint density at radius 2 is 0.709 bits per heavy atom. The van der Waals surface area contributed by atoms with Gasteiger partial charge in [-0.2, -0.15) is 0 Å². The van der Waals surface area contributed by atoms with E-state index in [0.717, 1.165) is 32.1 Å². The number of nitrogens with one attached hydrogen (secondary N) is 1. The van der Waals surface area contributed by atoms with E-state index in [-0.39, 0.29) is 6.61 Å². The first-order valence-corrected chi connectivity index (χ1v) is 25.0. The van der Waals surface area contributed by atoms with Crippen molar-refractivity contribution in [1.82, 2.24) is 5.32 Å². The van der Waals surface area contributed by atoms with Gasteiger partial charge in [0, 0.05) is 0 Å². The first-order valence-electron chi connectivity index (χ1n) is 25.0. The maximum Gasteiger partial charge on any atom is 0.249 e. The van der Waals surface area contributed by atoms with Gasteiger partial charge < -0.3 is 20.6 Å². The Labute approximate surface area is 344 Å². The molecule has 0 rings (SSSR count). The number of amides is 1. The maximum absolute atomic E-state index is 12.5. The lowest BCUT2D eigenvalue weighted by Gasteiger charge is -2.21. The lowest BCUT2D eigenvalue weighted by Crippen LogP contribution is -2.48. The molecule has 3 atom stereocenters. The summed E-state index contributed by atoms with van der Waals surface area (Å²) in [5.41, 5.74) is 0. The highest BCUT2D eigenvalue weighted by atomic mass is 16.3. The first-order chi connectivity index (χ1) is 27.1. The zero-order chi connectivity index (χ0) is 40.1. The quantitative estimate of drug-likeness (QED) is 0.0366. The van der Waals surface area contributed by atoms with Crippen LogP contribution in [-0.4, -0.2) is 46.1 Å². The Morgan fingerprint density at radius 1 is 0.436 bits per heavy atom. The second-order valence-corrected chi connectivity index (χ2v) is 17.4. The lowest BCUT2D eigenvalue weighted by atomic mass is 10.0. The molecule has 0 spiro atoms. The van der Waals surface area contributed by atoms with E-state index in [1.54, 1.807) is 6.08 Å². The molecular formula is C50H99NO4. The van der Waals surface area contributed by atoms with E-state index < -0.39 is 24.2 Å². The van der Waals surface area contributed by atoms with Crippen molar-refractivity contribution in [2.24, 2.45) is 0 Å². The highest BCUT2D eigenvalue weighted by molar-refractivity contribution is 5.80. The third kappa shape index (κ3) is 41.1. The standard InChI is InChI=1S/C50H99NO4/c1-3-5-7-9-11-13-15-17-19-20-21-22-23-24-25-26-27-28-29-31-33-35-37-39-41-43-45-49(54)50(55)51-47(46-52)48(53)44-42-40-38-36-34-32-30-18-16-14-12-10-8-6-4-2/h42,44,47-49,52-54H,3-41,43,45-46H2,1-2H3,(H,51,55)/b44-42+. The van der Waals surface area contributed by atoms with E-state index in [1.807, 2.05) is 6.08 Å². The number of carbonyl (C=O) groups excluding carboxylic acids is 1. The molecule has 0 heterocycles. The van der Waals surface area contributed by atoms with Crippen molar-refractivity contribution in [1.29, 1.82) is 0 Å². The minimum absolute atomic E-state index is 0.359. The lowest BCUT2D eigenvalue weighted by molar-refractivity contribution is -0.131. The number of hydrogen-bond acceptors (Lipinski definition) is 4. The van der Waals surface area contributed by atoms with Crippen molar-refractivity contribution in [3.8, 4) is 0 Å². The van der Waals surface area contributed by atoms with Crippen LogP contribution < -0.4 is 5.32 Å². The van der Waals surface area contributed by atoms with Crippen molar-refractivity contribution in [3.63, 3.8) is 0 Å². The summed E-state index contributed by atoms with van der Waals surface area (Å²) in [5, 5.41) is 33.2. The van der Waals surface area contributed by atoms with Crippen molar-refractivity contribution >= 4 is 5.91 Å². The van der Waals surface area contributed by atoms with E-state index in [9.17, 15) is 20.1 Å². The van der Waals surface area contributed by atoms with Crippen molar-refractivity contribution < 1.29 is 20.1 Å². The molecule has 3 unspecified atom stereocenters. The van der Waals surface area contributed by atoms with Gasteiger partial charge in [-0.05, 0) is 19.3 Å². The van der Waals surface area contributed by atoms with E-state index >= 15 is 0 Å². The van der Waals surface area contributed by atoms with E-state index in [2.05, 4.69) is 19.2 Å². The van der Waals surface area contributed by atoms with Crippen LogP contribution in [0.5, 0.6) is 0 Å². The molecule has 0 saturated heterocycles. The highest BCUT2D eigenvalue weighted by Gasteiger charge is 2.22. The molecule has 0 aromatic heterocycles. The Morgan fingerprint density at radius 3 is 1.00 bits per heavy atom. The zero-order valence-corrected chi connectivity index (χ0v) is 37.3. The molecule has 4 N–H and O–H groups in total. The van der Waals surface area contributed by atoms with Crippen LogP contribution in [0.2, 0.25) is 0 Å². The Hall–Kier alpha value is -0.910. The van der Waals surface area contributed by atoms with E-state index in [4.69, 9.17) is 0 Å². The predicted molar refractivity (Wildman–Crippen MR) is 241 cm³/mol. The molecule has 0 fully saturated rings. The van der Waals surface area contributed by atoms with Gasteiger partial charge in [-0.25, -0.2) is 0 Å². The number of aliphatic hydroxyl groups excluding tert-OH is 3. The van der Waals surface area contributed by atoms with Crippen molar-refractivity contribution in [3.05, 3.63) is 12.2 Å². The van der Waals surface area contributed by atoms with Gasteiger partial charge in [0.25, 0.3) is 0 Å². The van der Waals surface area contributed by atoms with Gasteiger partial charge in [0.05, 0.1) is 18.8 Å². The summed E-state index contributed by atoms with van der Waals surface area (Å²) >= 11 is 0. The molecule has 0 aromatic rings. The summed E-state index contributed by atoms with van der Waals surface area (Å²) in [6.07, 6.45) is 55.5. The fraction of sp³-hybridized carbons (Fsp3) is 0.940. The topological polar surface area (TPSA) is 89.8 Å². The molecule has 5 heteroatoms. The molecule has 0 aliphatic carbocycles. The predicted octanol–water partition coefficient (Wildman–Crippen LogP) is 14.8. The normalized spacial score (nSPS) is 13.5. The average molecular weight is 778 g/mol. The molecule has 5 nitrogen and oxygen atoms in total. The van der Waals surface area contributed by atoms with Crippen LogP contribution in [0.1, 0.15) is 277 Å². The SMILES string of the molecule is CCCCCCCCCCCCCCC/C=C/C(O)C(CO)NC(=O)C(O)CCCCCCCCCCCCCCCCCCCCCCCCCCCC. The number of unbranched alkanes of at least 4 members (excludes halogenated alkanes) is 38. The number of rotatable bonds is 46. The Balaban J connectivity index is 3.54. The second kappa shape index (κ2) is 45.8. The second-order valence-electron chi connectivity index (χ2n) is 17.4. The van der Waals surface area contributed by atoms with Crippen molar-refractivity contribution in [2.45, 2.75) is 295 Å². The van der Waals surface area contributed by atoms with Crippen LogP contribution in [-0.2, 0) is 4.79 Å². The average Bonchev–Trinajstić information content (AvgIpc) is 3.19. The Kier molecular flexibility index (Phi) is 45.0. The van der Waals surface area contributed by atoms with Gasteiger partial charge in [-0.15, -0.1) is 0 Å². The smallest absolute Gasteiger partial charge is 0.249 e. The maximum atomic E-state index is 12.5. The molecule has 0 radical (unpaired) electrons. The molecule has 0 aromatic carbocycles. The molecule has 0 bridgehead atoms. The van der Waals surface area contributed by atoms with Gasteiger partial charge in [-0.1, -0.05) is 270 Å². The molecule has 0 aliphatic heterocycles. The third-order valence-corrected chi connectivity index (χ3v) is 11.9. The summed E-state index contributed by atoms with van der Waals surface area (Å²) in [7, 11) is 0. The van der Waals surface area contributed by atoms with Crippen LogP contribution in [0.15, 0.2) is 12.2 Å². The minimum atomic E-state index is -1.09.